The second kappa shape index (κ2) is 13.9. The Kier molecular flexibility index (Phi) is 9.35. The largest absolute Gasteiger partial charge is 0.494 e. The number of rotatable bonds is 5. The van der Waals surface area contributed by atoms with Crippen molar-refractivity contribution in [1.29, 1.82) is 0 Å². The number of carbonyl (C=O) groups excluding carboxylic acids is 2. The molecule has 4 aromatic rings. The Morgan fingerprint density at radius 2 is 1.93 bits per heavy atom. The first kappa shape index (κ1) is 30.9. The molecule has 238 valence electrons. The number of nitrogens with one attached hydrogen (secondary N) is 1. The van der Waals surface area contributed by atoms with E-state index in [4.69, 9.17) is 24.7 Å². The van der Waals surface area contributed by atoms with Crippen LogP contribution in [0.25, 0.3) is 0 Å². The summed E-state index contributed by atoms with van der Waals surface area (Å²) in [5.74, 6) is 1.26. The van der Waals surface area contributed by atoms with Crippen LogP contribution in [0.1, 0.15) is 45.1 Å². The molecule has 1 atom stereocenters. The minimum Gasteiger partial charge on any atom is -0.494 e. The summed E-state index contributed by atoms with van der Waals surface area (Å²) >= 11 is 0. The van der Waals surface area contributed by atoms with E-state index in [0.29, 0.717) is 73.2 Å². The zero-order valence-electron chi connectivity index (χ0n) is 25.6. The van der Waals surface area contributed by atoms with Crippen LogP contribution in [0.15, 0.2) is 78.9 Å². The molecule has 4 aromatic carbocycles. The minimum atomic E-state index is -0.523. The molecule has 0 fully saturated rings. The maximum atomic E-state index is 14.8. The summed E-state index contributed by atoms with van der Waals surface area (Å²) in [6.07, 6.45) is 1.25. The highest BCUT2D eigenvalue weighted by molar-refractivity contribution is 5.95. The van der Waals surface area contributed by atoms with E-state index in [1.165, 1.54) is 6.07 Å². The lowest BCUT2D eigenvalue weighted by molar-refractivity contribution is -0.120. The fourth-order valence-corrected chi connectivity index (χ4v) is 5.88. The van der Waals surface area contributed by atoms with E-state index >= 15 is 0 Å². The molecule has 46 heavy (non-hydrogen) atoms. The van der Waals surface area contributed by atoms with Gasteiger partial charge in [-0.2, -0.15) is 0 Å². The number of carbonyl (C=O) groups is 2. The highest BCUT2D eigenvalue weighted by Crippen LogP contribution is 2.40. The standard InChI is InChI=1S/C36H36FN3O6/c1-43-31-11-7-26(22-33(31)45-17-13-38)36(42)40-15-12-24-20-28-8-9-29(24)35(40)25-4-2-5-27(21-25)44-16-3-14-39-34(41)19-23-6-10-30(37)32(18-23)46-28/h2,4-11,18,20-22,35H,3,12-17,19,38H2,1H3,(H,39,41). The summed E-state index contributed by atoms with van der Waals surface area (Å²) < 4.78 is 38.1. The molecule has 0 aliphatic carbocycles. The number of ether oxygens (including phenoxy) is 4. The number of methoxy groups -OCH3 is 1. The molecule has 8 bridgehead atoms. The van der Waals surface area contributed by atoms with Gasteiger partial charge in [-0.3, -0.25) is 9.59 Å². The zero-order chi connectivity index (χ0) is 32.0. The predicted molar refractivity (Wildman–Crippen MR) is 170 cm³/mol. The van der Waals surface area contributed by atoms with Crippen molar-refractivity contribution in [3.8, 4) is 28.7 Å². The van der Waals surface area contributed by atoms with E-state index in [9.17, 15) is 14.0 Å². The van der Waals surface area contributed by atoms with Gasteiger partial charge in [0.2, 0.25) is 5.91 Å². The first-order chi connectivity index (χ1) is 22.4. The summed E-state index contributed by atoms with van der Waals surface area (Å²) in [4.78, 5) is 28.6. The fraction of sp³-hybridized carbons (Fsp3) is 0.278. The number of nitrogens with zero attached hydrogens (tertiary/aromatic N) is 1. The van der Waals surface area contributed by atoms with Gasteiger partial charge in [0, 0.05) is 25.2 Å². The number of halogens is 1. The van der Waals surface area contributed by atoms with E-state index in [2.05, 4.69) is 5.32 Å². The summed E-state index contributed by atoms with van der Waals surface area (Å²) in [5.41, 5.74) is 9.53. The van der Waals surface area contributed by atoms with Gasteiger partial charge in [0.05, 0.1) is 26.2 Å². The minimum absolute atomic E-state index is 0.0422. The second-order valence-corrected chi connectivity index (χ2v) is 11.2. The normalized spacial score (nSPS) is 16.2. The molecular weight excluding hydrogens is 589 g/mol. The maximum Gasteiger partial charge on any atom is 0.254 e. The maximum absolute atomic E-state index is 14.8. The molecular formula is C36H36FN3O6. The molecule has 10 heteroatoms. The lowest BCUT2D eigenvalue weighted by atomic mass is 9.87. The highest BCUT2D eigenvalue weighted by atomic mass is 19.1. The molecule has 0 aromatic heterocycles. The second-order valence-electron chi connectivity index (χ2n) is 11.2. The van der Waals surface area contributed by atoms with Crippen LogP contribution in [0.5, 0.6) is 28.7 Å². The molecule has 3 aliphatic heterocycles. The van der Waals surface area contributed by atoms with Crippen molar-refractivity contribution in [3.63, 3.8) is 0 Å². The molecule has 0 saturated carbocycles. The average molecular weight is 626 g/mol. The number of fused-ring (bicyclic) bond motifs is 7. The quantitative estimate of drug-likeness (QED) is 0.314. The van der Waals surface area contributed by atoms with Gasteiger partial charge < -0.3 is 34.9 Å². The molecule has 0 radical (unpaired) electrons. The summed E-state index contributed by atoms with van der Waals surface area (Å²) in [5, 5.41) is 2.89. The van der Waals surface area contributed by atoms with E-state index in [1.807, 2.05) is 41.3 Å². The van der Waals surface area contributed by atoms with E-state index in [-0.39, 0.29) is 30.6 Å². The molecule has 0 spiro atoms. The Morgan fingerprint density at radius 3 is 2.78 bits per heavy atom. The number of hydrogen-bond donors (Lipinski definition) is 2. The smallest absolute Gasteiger partial charge is 0.254 e. The lowest BCUT2D eigenvalue weighted by Crippen LogP contribution is -2.40. The van der Waals surface area contributed by atoms with Crippen molar-refractivity contribution in [2.24, 2.45) is 5.73 Å². The van der Waals surface area contributed by atoms with Crippen molar-refractivity contribution in [1.82, 2.24) is 10.2 Å². The molecule has 7 rings (SSSR count). The van der Waals surface area contributed by atoms with Crippen molar-refractivity contribution in [2.75, 3.05) is 40.0 Å². The molecule has 3 N–H and O–H groups in total. The molecule has 0 saturated heterocycles. The summed E-state index contributed by atoms with van der Waals surface area (Å²) in [7, 11) is 1.55. The molecule has 1 unspecified atom stereocenters. The van der Waals surface area contributed by atoms with Gasteiger partial charge in [-0.15, -0.1) is 0 Å². The van der Waals surface area contributed by atoms with Crippen molar-refractivity contribution in [2.45, 2.75) is 25.3 Å². The van der Waals surface area contributed by atoms with Crippen LogP contribution < -0.4 is 30.0 Å². The first-order valence-corrected chi connectivity index (χ1v) is 15.3. The number of hydrogen-bond acceptors (Lipinski definition) is 7. The van der Waals surface area contributed by atoms with Gasteiger partial charge in [-0.1, -0.05) is 24.3 Å². The van der Waals surface area contributed by atoms with Crippen LogP contribution in [0.2, 0.25) is 0 Å². The average Bonchev–Trinajstić information content (AvgIpc) is 3.07. The molecule has 9 nitrogen and oxygen atoms in total. The van der Waals surface area contributed by atoms with Gasteiger partial charge in [-0.25, -0.2) is 4.39 Å². The van der Waals surface area contributed by atoms with Gasteiger partial charge in [0.1, 0.15) is 18.1 Å². The topological polar surface area (TPSA) is 112 Å². The Morgan fingerprint density at radius 1 is 1.04 bits per heavy atom. The fourth-order valence-electron chi connectivity index (χ4n) is 5.88. The van der Waals surface area contributed by atoms with Crippen LogP contribution >= 0.6 is 0 Å². The number of amides is 2. The van der Waals surface area contributed by atoms with Crippen LogP contribution in [0, 0.1) is 5.82 Å². The Balaban J connectivity index is 1.40. The Labute approximate surface area is 267 Å². The van der Waals surface area contributed by atoms with E-state index in [1.54, 1.807) is 43.5 Å². The lowest BCUT2D eigenvalue weighted by Gasteiger charge is -2.38. The van der Waals surface area contributed by atoms with Crippen LogP contribution in [0.4, 0.5) is 4.39 Å². The number of nitrogens with two attached hydrogens (primary N) is 1. The zero-order valence-corrected chi connectivity index (χ0v) is 25.6. The van der Waals surface area contributed by atoms with Gasteiger partial charge in [0.15, 0.2) is 23.1 Å². The van der Waals surface area contributed by atoms with E-state index < -0.39 is 11.9 Å². The first-order valence-electron chi connectivity index (χ1n) is 15.3. The Bertz CT molecular complexity index is 1750. The Hall–Kier alpha value is -5.09. The van der Waals surface area contributed by atoms with Crippen molar-refractivity contribution in [3.05, 3.63) is 112 Å². The van der Waals surface area contributed by atoms with Gasteiger partial charge in [0.25, 0.3) is 5.91 Å². The molecule has 2 amide bonds. The summed E-state index contributed by atoms with van der Waals surface area (Å²) in [6.45, 7) is 1.85. The van der Waals surface area contributed by atoms with Crippen LogP contribution in [0.3, 0.4) is 0 Å². The predicted octanol–water partition coefficient (Wildman–Crippen LogP) is 5.19. The summed E-state index contributed by atoms with van der Waals surface area (Å²) in [6, 6.07) is 22.5. The van der Waals surface area contributed by atoms with E-state index in [0.717, 1.165) is 16.7 Å². The highest BCUT2D eigenvalue weighted by Gasteiger charge is 2.33. The van der Waals surface area contributed by atoms with Crippen LogP contribution in [-0.2, 0) is 17.6 Å². The molecule has 3 heterocycles. The third-order valence-corrected chi connectivity index (χ3v) is 8.06. The van der Waals surface area contributed by atoms with Crippen LogP contribution in [-0.4, -0.2) is 56.7 Å². The third kappa shape index (κ3) is 6.77. The third-order valence-electron chi connectivity index (χ3n) is 8.06. The monoisotopic (exact) mass is 625 g/mol. The SMILES string of the molecule is COc1ccc(C(=O)N2CCc3cc4ccc3C2c2cccc(c2)OCCCNC(=O)Cc2ccc(F)c(c2)O4)cc1OCCN. The van der Waals surface area contributed by atoms with Crippen molar-refractivity contribution < 1.29 is 32.9 Å². The van der Waals surface area contributed by atoms with Gasteiger partial charge >= 0.3 is 0 Å². The van der Waals surface area contributed by atoms with Crippen molar-refractivity contribution >= 4 is 11.8 Å². The molecule has 3 aliphatic rings. The number of benzene rings is 4. The van der Waals surface area contributed by atoms with Gasteiger partial charge in [-0.05, 0) is 89.7 Å².